The van der Waals surface area contributed by atoms with E-state index in [0.29, 0.717) is 12.1 Å². The maximum absolute atomic E-state index is 12.1. The molecule has 1 aromatic rings. The lowest BCUT2D eigenvalue weighted by Crippen LogP contribution is -2.48. The maximum atomic E-state index is 12.1. The van der Waals surface area contributed by atoms with Crippen LogP contribution < -0.4 is 10.6 Å². The molecule has 1 aliphatic rings. The van der Waals surface area contributed by atoms with Crippen molar-refractivity contribution in [1.29, 1.82) is 0 Å². The standard InChI is InChI=1S/C14H20N2O2/c1-9(2)13(8-17)16-12-5-4-11(15)7-10(12)3-6-14(16)18/h4-5,7,9,13,17H,3,6,8,15H2,1-2H3. The third kappa shape index (κ3) is 2.20. The second kappa shape index (κ2) is 4.98. The molecule has 1 aliphatic heterocycles. The first-order chi connectivity index (χ1) is 8.54. The number of amides is 1. The number of carbonyl (C=O) groups excluding carboxylic acids is 1. The van der Waals surface area contributed by atoms with Crippen molar-refractivity contribution in [2.45, 2.75) is 32.7 Å². The number of nitrogens with zero attached hydrogens (tertiary/aromatic N) is 1. The highest BCUT2D eigenvalue weighted by Crippen LogP contribution is 2.32. The zero-order valence-electron chi connectivity index (χ0n) is 10.9. The smallest absolute Gasteiger partial charge is 0.227 e. The zero-order chi connectivity index (χ0) is 13.3. The van der Waals surface area contributed by atoms with Crippen LogP contribution >= 0.6 is 0 Å². The summed E-state index contributed by atoms with van der Waals surface area (Å²) in [6.07, 6.45) is 1.21. The monoisotopic (exact) mass is 248 g/mol. The number of hydrogen-bond donors (Lipinski definition) is 2. The molecule has 0 fully saturated rings. The Bertz CT molecular complexity index is 457. The summed E-state index contributed by atoms with van der Waals surface area (Å²) < 4.78 is 0. The number of carbonyl (C=O) groups is 1. The van der Waals surface area contributed by atoms with Crippen LogP contribution in [0.3, 0.4) is 0 Å². The topological polar surface area (TPSA) is 66.6 Å². The summed E-state index contributed by atoms with van der Waals surface area (Å²) >= 11 is 0. The molecule has 98 valence electrons. The van der Waals surface area contributed by atoms with Crippen molar-refractivity contribution in [2.24, 2.45) is 5.92 Å². The van der Waals surface area contributed by atoms with E-state index in [0.717, 1.165) is 17.7 Å². The van der Waals surface area contributed by atoms with E-state index in [1.54, 1.807) is 11.0 Å². The largest absolute Gasteiger partial charge is 0.399 e. The van der Waals surface area contributed by atoms with Gasteiger partial charge in [-0.3, -0.25) is 4.79 Å². The van der Waals surface area contributed by atoms with Gasteiger partial charge in [0.15, 0.2) is 0 Å². The Kier molecular flexibility index (Phi) is 3.57. The van der Waals surface area contributed by atoms with Gasteiger partial charge in [0.25, 0.3) is 0 Å². The minimum absolute atomic E-state index is 0.0206. The highest BCUT2D eigenvalue weighted by Gasteiger charge is 2.31. The first-order valence-corrected chi connectivity index (χ1v) is 6.36. The predicted octanol–water partition coefficient (Wildman–Crippen LogP) is 1.56. The molecule has 0 aliphatic carbocycles. The van der Waals surface area contributed by atoms with Gasteiger partial charge in [-0.05, 0) is 36.1 Å². The number of aryl methyl sites for hydroxylation is 1. The molecule has 3 N–H and O–H groups in total. The molecule has 1 aromatic carbocycles. The number of anilines is 2. The fourth-order valence-electron chi connectivity index (χ4n) is 2.49. The van der Waals surface area contributed by atoms with Crippen LogP contribution in [-0.4, -0.2) is 23.7 Å². The highest BCUT2D eigenvalue weighted by atomic mass is 16.3. The molecular weight excluding hydrogens is 228 g/mol. The third-order valence-corrected chi connectivity index (χ3v) is 3.53. The van der Waals surface area contributed by atoms with Gasteiger partial charge in [-0.2, -0.15) is 0 Å². The number of nitrogen functional groups attached to an aromatic ring is 1. The molecule has 0 spiro atoms. The van der Waals surface area contributed by atoms with Crippen molar-refractivity contribution in [3.05, 3.63) is 23.8 Å². The van der Waals surface area contributed by atoms with Crippen LogP contribution in [0.25, 0.3) is 0 Å². The second-order valence-corrected chi connectivity index (χ2v) is 5.15. The summed E-state index contributed by atoms with van der Waals surface area (Å²) in [7, 11) is 0. The Morgan fingerprint density at radius 2 is 2.11 bits per heavy atom. The lowest BCUT2D eigenvalue weighted by atomic mass is 9.95. The summed E-state index contributed by atoms with van der Waals surface area (Å²) in [4.78, 5) is 13.9. The molecule has 2 rings (SSSR count). The van der Waals surface area contributed by atoms with Crippen LogP contribution in [0.5, 0.6) is 0 Å². The van der Waals surface area contributed by atoms with Crippen LogP contribution in [-0.2, 0) is 11.2 Å². The number of aliphatic hydroxyl groups excluding tert-OH is 1. The summed E-state index contributed by atoms with van der Waals surface area (Å²) in [6, 6.07) is 5.44. The molecule has 18 heavy (non-hydrogen) atoms. The Balaban J connectivity index is 2.44. The van der Waals surface area contributed by atoms with Gasteiger partial charge in [0.1, 0.15) is 0 Å². The zero-order valence-corrected chi connectivity index (χ0v) is 10.9. The van der Waals surface area contributed by atoms with E-state index in [1.165, 1.54) is 0 Å². The van der Waals surface area contributed by atoms with Crippen molar-refractivity contribution >= 4 is 17.3 Å². The van der Waals surface area contributed by atoms with Crippen LogP contribution in [0.15, 0.2) is 18.2 Å². The van der Waals surface area contributed by atoms with Gasteiger partial charge < -0.3 is 15.7 Å². The average Bonchev–Trinajstić information content (AvgIpc) is 2.32. The molecular formula is C14H20N2O2. The molecule has 0 saturated carbocycles. The molecule has 0 bridgehead atoms. The van der Waals surface area contributed by atoms with Crippen molar-refractivity contribution in [1.82, 2.24) is 0 Å². The van der Waals surface area contributed by atoms with Gasteiger partial charge in [-0.1, -0.05) is 13.8 Å². The molecule has 1 unspecified atom stereocenters. The fourth-order valence-corrected chi connectivity index (χ4v) is 2.49. The van der Waals surface area contributed by atoms with Crippen LogP contribution in [0.2, 0.25) is 0 Å². The van der Waals surface area contributed by atoms with Gasteiger partial charge in [-0.15, -0.1) is 0 Å². The van der Waals surface area contributed by atoms with E-state index in [-0.39, 0.29) is 24.5 Å². The molecule has 0 aromatic heterocycles. The third-order valence-electron chi connectivity index (χ3n) is 3.53. The van der Waals surface area contributed by atoms with E-state index in [2.05, 4.69) is 0 Å². The number of aliphatic hydroxyl groups is 1. The molecule has 1 amide bonds. The Labute approximate surface area is 107 Å². The first kappa shape index (κ1) is 12.9. The van der Waals surface area contributed by atoms with Gasteiger partial charge in [0.05, 0.1) is 12.6 Å². The minimum Gasteiger partial charge on any atom is -0.399 e. The molecule has 4 heteroatoms. The predicted molar refractivity (Wildman–Crippen MR) is 72.4 cm³/mol. The minimum atomic E-state index is -0.167. The summed E-state index contributed by atoms with van der Waals surface area (Å²) in [5, 5.41) is 9.53. The van der Waals surface area contributed by atoms with E-state index >= 15 is 0 Å². The molecule has 0 saturated heterocycles. The lowest BCUT2D eigenvalue weighted by molar-refractivity contribution is -0.119. The van der Waals surface area contributed by atoms with Gasteiger partial charge in [0, 0.05) is 17.8 Å². The first-order valence-electron chi connectivity index (χ1n) is 6.36. The van der Waals surface area contributed by atoms with E-state index in [9.17, 15) is 9.90 Å². The van der Waals surface area contributed by atoms with E-state index in [1.807, 2.05) is 26.0 Å². The Morgan fingerprint density at radius 3 is 2.72 bits per heavy atom. The van der Waals surface area contributed by atoms with Gasteiger partial charge in [-0.25, -0.2) is 0 Å². The van der Waals surface area contributed by atoms with E-state index in [4.69, 9.17) is 5.73 Å². The molecule has 4 nitrogen and oxygen atoms in total. The van der Waals surface area contributed by atoms with Crippen LogP contribution in [0.1, 0.15) is 25.8 Å². The van der Waals surface area contributed by atoms with Crippen LogP contribution in [0, 0.1) is 5.92 Å². The maximum Gasteiger partial charge on any atom is 0.227 e. The number of fused-ring (bicyclic) bond motifs is 1. The van der Waals surface area contributed by atoms with Crippen LogP contribution in [0.4, 0.5) is 11.4 Å². The number of benzene rings is 1. The normalized spacial score (nSPS) is 16.9. The number of hydrogen-bond acceptors (Lipinski definition) is 3. The summed E-state index contributed by atoms with van der Waals surface area (Å²) in [5.41, 5.74) is 8.48. The van der Waals surface area contributed by atoms with Crippen molar-refractivity contribution < 1.29 is 9.90 Å². The Hall–Kier alpha value is -1.55. The lowest BCUT2D eigenvalue weighted by Gasteiger charge is -2.37. The molecule has 1 heterocycles. The Morgan fingerprint density at radius 1 is 1.39 bits per heavy atom. The van der Waals surface area contributed by atoms with Crippen molar-refractivity contribution in [2.75, 3.05) is 17.2 Å². The van der Waals surface area contributed by atoms with Crippen molar-refractivity contribution in [3.8, 4) is 0 Å². The molecule has 0 radical (unpaired) electrons. The van der Waals surface area contributed by atoms with Crippen molar-refractivity contribution in [3.63, 3.8) is 0 Å². The summed E-state index contributed by atoms with van der Waals surface area (Å²) in [6.45, 7) is 4.01. The average molecular weight is 248 g/mol. The van der Waals surface area contributed by atoms with E-state index < -0.39 is 0 Å². The quantitative estimate of drug-likeness (QED) is 0.798. The SMILES string of the molecule is CC(C)C(CO)N1C(=O)CCc2cc(N)ccc21. The second-order valence-electron chi connectivity index (χ2n) is 5.15. The number of rotatable bonds is 3. The summed E-state index contributed by atoms with van der Waals surface area (Å²) in [5.74, 6) is 0.294. The fraction of sp³-hybridized carbons (Fsp3) is 0.500. The van der Waals surface area contributed by atoms with Gasteiger partial charge >= 0.3 is 0 Å². The highest BCUT2D eigenvalue weighted by molar-refractivity contribution is 5.97. The van der Waals surface area contributed by atoms with Gasteiger partial charge in [0.2, 0.25) is 5.91 Å². The number of nitrogens with two attached hydrogens (primary N) is 1. The molecule has 1 atom stereocenters.